The van der Waals surface area contributed by atoms with Crippen molar-refractivity contribution < 1.29 is 4.21 Å². The number of nitrogens with zero attached hydrogens (tertiary/aromatic N) is 3. The topological polar surface area (TPSA) is 48.5 Å². The number of fused-ring (bicyclic) bond motifs is 1. The fourth-order valence-electron chi connectivity index (χ4n) is 3.45. The summed E-state index contributed by atoms with van der Waals surface area (Å²) in [6.07, 6.45) is 1.81. The summed E-state index contributed by atoms with van der Waals surface area (Å²) in [7, 11) is -0.658. The first-order valence-corrected chi connectivity index (χ1v) is 11.8. The molecule has 0 spiro atoms. The average Bonchev–Trinajstić information content (AvgIpc) is 2.72. The van der Waals surface area contributed by atoms with E-state index in [0.717, 1.165) is 60.3 Å². The first kappa shape index (κ1) is 20.5. The Hall–Kier alpha value is -1.78. The number of aromatic nitrogens is 1. The van der Waals surface area contributed by atoms with Gasteiger partial charge in [-0.1, -0.05) is 35.0 Å². The number of nitrogens with one attached hydrogen (secondary N) is 1. The van der Waals surface area contributed by atoms with Crippen LogP contribution < -0.4 is 10.2 Å². The molecule has 2 aliphatic rings. The van der Waals surface area contributed by atoms with Gasteiger partial charge in [0.2, 0.25) is 0 Å². The van der Waals surface area contributed by atoms with Crippen molar-refractivity contribution in [2.45, 2.75) is 6.54 Å². The third-order valence-corrected chi connectivity index (χ3v) is 6.94. The molecular formula is C21H22Cl2N4OS. The maximum atomic E-state index is 11.5. The number of halogens is 2. The summed E-state index contributed by atoms with van der Waals surface area (Å²) in [6, 6.07) is 7.62. The number of benzene rings is 1. The van der Waals surface area contributed by atoms with Crippen molar-refractivity contribution in [3.63, 3.8) is 0 Å². The second-order valence-corrected chi connectivity index (χ2v) is 9.64. The van der Waals surface area contributed by atoms with E-state index >= 15 is 0 Å². The van der Waals surface area contributed by atoms with Gasteiger partial charge in [-0.3, -0.25) is 9.11 Å². The van der Waals surface area contributed by atoms with E-state index in [2.05, 4.69) is 38.0 Å². The van der Waals surface area contributed by atoms with Crippen LogP contribution in [0.1, 0.15) is 11.1 Å². The lowest BCUT2D eigenvalue weighted by Gasteiger charge is -2.31. The average molecular weight is 449 g/mol. The Morgan fingerprint density at radius 3 is 2.83 bits per heavy atom. The largest absolute Gasteiger partial charge is 0.367 e. The Labute approximate surface area is 183 Å². The standard InChI is InChI=1S/C21H22Cl2N4OS/c22-18-3-4-19(23)17(13-18)15-27-7-5-24-21-20(27)12-16(14-25-21)2-1-6-26-8-10-29(28)11-9-26/h3-4,12-14H,5-11,15H2,(H,24,25). The van der Waals surface area contributed by atoms with Crippen LogP contribution in [0.15, 0.2) is 30.5 Å². The van der Waals surface area contributed by atoms with Crippen molar-refractivity contribution in [1.82, 2.24) is 9.88 Å². The molecule has 1 aromatic carbocycles. The van der Waals surface area contributed by atoms with Crippen molar-refractivity contribution in [2.24, 2.45) is 0 Å². The van der Waals surface area contributed by atoms with Crippen LogP contribution in [0.2, 0.25) is 10.0 Å². The molecule has 3 heterocycles. The zero-order chi connectivity index (χ0) is 20.2. The molecule has 2 aliphatic heterocycles. The summed E-state index contributed by atoms with van der Waals surface area (Å²) in [5, 5.41) is 4.74. The molecule has 0 aliphatic carbocycles. The van der Waals surface area contributed by atoms with Crippen LogP contribution in [0.25, 0.3) is 0 Å². The van der Waals surface area contributed by atoms with E-state index in [0.29, 0.717) is 23.1 Å². The van der Waals surface area contributed by atoms with E-state index in [-0.39, 0.29) is 0 Å². The lowest BCUT2D eigenvalue weighted by molar-refractivity contribution is 0.337. The molecule has 0 saturated carbocycles. The quantitative estimate of drug-likeness (QED) is 0.730. The lowest BCUT2D eigenvalue weighted by atomic mass is 10.1. The number of pyridine rings is 1. The predicted octanol–water partition coefficient (Wildman–Crippen LogP) is 3.24. The van der Waals surface area contributed by atoms with Crippen LogP contribution in [0.5, 0.6) is 0 Å². The summed E-state index contributed by atoms with van der Waals surface area (Å²) in [6.45, 7) is 4.72. The van der Waals surface area contributed by atoms with Gasteiger partial charge in [-0.2, -0.15) is 0 Å². The van der Waals surface area contributed by atoms with Gasteiger partial charge in [0, 0.05) is 76.8 Å². The SMILES string of the molecule is O=S1CCN(CC#Cc2cnc3c(c2)N(Cc2cc(Cl)ccc2Cl)CCN3)CC1. The molecule has 1 N–H and O–H groups in total. The molecule has 1 fully saturated rings. The maximum Gasteiger partial charge on any atom is 0.149 e. The monoisotopic (exact) mass is 448 g/mol. The van der Waals surface area contributed by atoms with Gasteiger partial charge in [-0.25, -0.2) is 4.98 Å². The van der Waals surface area contributed by atoms with Crippen LogP contribution in [0, 0.1) is 11.8 Å². The second-order valence-electron chi connectivity index (χ2n) is 7.10. The molecule has 5 nitrogen and oxygen atoms in total. The van der Waals surface area contributed by atoms with Gasteiger partial charge in [0.05, 0.1) is 12.2 Å². The minimum absolute atomic E-state index is 0.658. The third-order valence-electron chi connectivity index (χ3n) is 5.06. The number of hydrogen-bond donors (Lipinski definition) is 1. The molecule has 1 saturated heterocycles. The van der Waals surface area contributed by atoms with E-state index in [4.69, 9.17) is 23.2 Å². The Kier molecular flexibility index (Phi) is 6.61. The lowest BCUT2D eigenvalue weighted by Crippen LogP contribution is -2.37. The molecule has 4 rings (SSSR count). The predicted molar refractivity (Wildman–Crippen MR) is 121 cm³/mol. The maximum absolute atomic E-state index is 11.5. The molecule has 1 aromatic heterocycles. The minimum Gasteiger partial charge on any atom is -0.367 e. The summed E-state index contributed by atoms with van der Waals surface area (Å²) < 4.78 is 11.5. The van der Waals surface area contributed by atoms with Crippen LogP contribution in [-0.2, 0) is 17.3 Å². The molecule has 0 atom stereocenters. The molecule has 29 heavy (non-hydrogen) atoms. The van der Waals surface area contributed by atoms with Crippen LogP contribution >= 0.6 is 23.2 Å². The number of hydrogen-bond acceptors (Lipinski definition) is 5. The molecule has 0 amide bonds. The van der Waals surface area contributed by atoms with Crippen LogP contribution in [-0.4, -0.2) is 58.3 Å². The smallest absolute Gasteiger partial charge is 0.149 e. The van der Waals surface area contributed by atoms with Gasteiger partial charge < -0.3 is 10.2 Å². The van der Waals surface area contributed by atoms with Crippen molar-refractivity contribution >= 4 is 45.5 Å². The first-order chi connectivity index (χ1) is 14.1. The van der Waals surface area contributed by atoms with E-state index in [1.54, 1.807) is 12.3 Å². The molecule has 8 heteroatoms. The molecule has 0 bridgehead atoms. The van der Waals surface area contributed by atoms with Gasteiger partial charge in [0.25, 0.3) is 0 Å². The number of rotatable bonds is 3. The van der Waals surface area contributed by atoms with Gasteiger partial charge >= 0.3 is 0 Å². The molecule has 0 radical (unpaired) electrons. The molecule has 152 valence electrons. The Morgan fingerprint density at radius 1 is 1.17 bits per heavy atom. The molecule has 2 aromatic rings. The molecular weight excluding hydrogens is 427 g/mol. The van der Waals surface area contributed by atoms with Crippen LogP contribution in [0.4, 0.5) is 11.5 Å². The van der Waals surface area contributed by atoms with E-state index in [1.807, 2.05) is 12.1 Å². The fourth-order valence-corrected chi connectivity index (χ4v) is 4.95. The highest BCUT2D eigenvalue weighted by Gasteiger charge is 2.19. The van der Waals surface area contributed by atoms with Crippen molar-refractivity contribution in [2.75, 3.05) is 54.4 Å². The fraction of sp³-hybridized carbons (Fsp3) is 0.381. The van der Waals surface area contributed by atoms with Crippen molar-refractivity contribution in [3.8, 4) is 11.8 Å². The highest BCUT2D eigenvalue weighted by Crippen LogP contribution is 2.31. The van der Waals surface area contributed by atoms with Crippen molar-refractivity contribution in [1.29, 1.82) is 0 Å². The van der Waals surface area contributed by atoms with Gasteiger partial charge in [0.15, 0.2) is 0 Å². The molecule has 0 unspecified atom stereocenters. The van der Waals surface area contributed by atoms with Crippen molar-refractivity contribution in [3.05, 3.63) is 51.6 Å². The van der Waals surface area contributed by atoms with Gasteiger partial charge in [-0.05, 0) is 29.8 Å². The summed E-state index contributed by atoms with van der Waals surface area (Å²) in [4.78, 5) is 9.06. The Morgan fingerprint density at radius 2 is 2.00 bits per heavy atom. The highest BCUT2D eigenvalue weighted by molar-refractivity contribution is 7.85. The van der Waals surface area contributed by atoms with Gasteiger partial charge in [0.1, 0.15) is 5.82 Å². The summed E-state index contributed by atoms with van der Waals surface area (Å²) >= 11 is 12.5. The Bertz CT molecular complexity index is 978. The zero-order valence-corrected chi connectivity index (χ0v) is 18.3. The summed E-state index contributed by atoms with van der Waals surface area (Å²) in [5.41, 5.74) is 2.90. The second kappa shape index (κ2) is 9.36. The summed E-state index contributed by atoms with van der Waals surface area (Å²) in [5.74, 6) is 8.81. The Balaban J connectivity index is 1.49. The third kappa shape index (κ3) is 5.23. The van der Waals surface area contributed by atoms with Crippen LogP contribution in [0.3, 0.4) is 0 Å². The first-order valence-electron chi connectivity index (χ1n) is 9.57. The number of anilines is 2. The minimum atomic E-state index is -0.658. The zero-order valence-electron chi connectivity index (χ0n) is 16.0. The highest BCUT2D eigenvalue weighted by atomic mass is 35.5. The van der Waals surface area contributed by atoms with E-state index < -0.39 is 10.8 Å². The van der Waals surface area contributed by atoms with E-state index in [1.165, 1.54) is 0 Å². The normalized spacial score (nSPS) is 17.2. The van der Waals surface area contributed by atoms with Gasteiger partial charge in [-0.15, -0.1) is 0 Å². The van der Waals surface area contributed by atoms with E-state index in [9.17, 15) is 4.21 Å².